The lowest BCUT2D eigenvalue weighted by molar-refractivity contribution is 0.0114. The Kier molecular flexibility index (Phi) is 2.74. The standard InChI is InChI=1S/C15H22O2/c1-14(2,3)10-6-7-13-11(8-10)12(16)9-15(4,5)17-13/h6-8,12,16H,9H2,1-5H3. The second-order valence-electron chi connectivity index (χ2n) is 6.58. The summed E-state index contributed by atoms with van der Waals surface area (Å²) < 4.78 is 5.90. The molecule has 1 heterocycles. The highest BCUT2D eigenvalue weighted by molar-refractivity contribution is 5.42. The molecule has 0 amide bonds. The van der Waals surface area contributed by atoms with Crippen molar-refractivity contribution in [1.29, 1.82) is 0 Å². The Morgan fingerprint density at radius 1 is 1.29 bits per heavy atom. The van der Waals surface area contributed by atoms with Gasteiger partial charge in [0.15, 0.2) is 0 Å². The number of benzene rings is 1. The van der Waals surface area contributed by atoms with Crippen LogP contribution in [0.3, 0.4) is 0 Å². The van der Waals surface area contributed by atoms with Gasteiger partial charge in [0.1, 0.15) is 11.4 Å². The minimum Gasteiger partial charge on any atom is -0.487 e. The van der Waals surface area contributed by atoms with Crippen molar-refractivity contribution in [2.24, 2.45) is 0 Å². The van der Waals surface area contributed by atoms with E-state index in [2.05, 4.69) is 32.9 Å². The highest BCUT2D eigenvalue weighted by Gasteiger charge is 2.33. The first-order chi connectivity index (χ1) is 7.69. The molecule has 0 spiro atoms. The number of rotatable bonds is 0. The molecule has 0 saturated heterocycles. The number of fused-ring (bicyclic) bond motifs is 1. The van der Waals surface area contributed by atoms with E-state index in [1.165, 1.54) is 5.56 Å². The minimum absolute atomic E-state index is 0.0989. The van der Waals surface area contributed by atoms with Gasteiger partial charge in [-0.2, -0.15) is 0 Å². The van der Waals surface area contributed by atoms with Gasteiger partial charge in [-0.1, -0.05) is 26.8 Å². The molecule has 0 fully saturated rings. The highest BCUT2D eigenvalue weighted by Crippen LogP contribution is 2.41. The lowest BCUT2D eigenvalue weighted by Gasteiger charge is -2.36. The van der Waals surface area contributed by atoms with Gasteiger partial charge in [-0.05, 0) is 37.0 Å². The first-order valence-electron chi connectivity index (χ1n) is 6.20. The van der Waals surface area contributed by atoms with Gasteiger partial charge in [-0.3, -0.25) is 0 Å². The molecule has 1 atom stereocenters. The van der Waals surface area contributed by atoms with Gasteiger partial charge in [0.25, 0.3) is 0 Å². The molecule has 0 bridgehead atoms. The Morgan fingerprint density at radius 3 is 2.53 bits per heavy atom. The third kappa shape index (κ3) is 2.47. The van der Waals surface area contributed by atoms with Crippen LogP contribution in [0.1, 0.15) is 58.3 Å². The van der Waals surface area contributed by atoms with Crippen LogP contribution in [0.5, 0.6) is 5.75 Å². The van der Waals surface area contributed by atoms with Crippen LogP contribution >= 0.6 is 0 Å². The van der Waals surface area contributed by atoms with Crippen LogP contribution < -0.4 is 4.74 Å². The summed E-state index contributed by atoms with van der Waals surface area (Å²) in [5, 5.41) is 10.2. The zero-order chi connectivity index (χ0) is 12.8. The molecule has 0 radical (unpaired) electrons. The molecular formula is C15H22O2. The zero-order valence-electron chi connectivity index (χ0n) is 11.4. The largest absolute Gasteiger partial charge is 0.487 e. The smallest absolute Gasteiger partial charge is 0.125 e. The van der Waals surface area contributed by atoms with E-state index in [9.17, 15) is 5.11 Å². The normalized spacial score (nSPS) is 22.8. The Bertz CT molecular complexity index is 427. The van der Waals surface area contributed by atoms with Crippen molar-refractivity contribution in [3.63, 3.8) is 0 Å². The van der Waals surface area contributed by atoms with E-state index >= 15 is 0 Å². The molecule has 0 aliphatic carbocycles. The van der Waals surface area contributed by atoms with Crippen molar-refractivity contribution in [2.45, 2.75) is 58.2 Å². The molecule has 1 aliphatic rings. The number of aliphatic hydroxyl groups is 1. The van der Waals surface area contributed by atoms with Crippen molar-refractivity contribution in [3.8, 4) is 5.75 Å². The number of hydrogen-bond acceptors (Lipinski definition) is 2. The topological polar surface area (TPSA) is 29.5 Å². The Balaban J connectivity index is 2.44. The van der Waals surface area contributed by atoms with Crippen LogP contribution in [0.15, 0.2) is 18.2 Å². The third-order valence-corrected chi connectivity index (χ3v) is 3.31. The number of hydrogen-bond donors (Lipinski definition) is 1. The number of aliphatic hydroxyl groups excluding tert-OH is 1. The molecule has 2 rings (SSSR count). The fourth-order valence-electron chi connectivity index (χ4n) is 2.28. The van der Waals surface area contributed by atoms with Crippen LogP contribution in [-0.4, -0.2) is 10.7 Å². The Morgan fingerprint density at radius 2 is 1.94 bits per heavy atom. The van der Waals surface area contributed by atoms with E-state index in [1.54, 1.807) is 0 Å². The van der Waals surface area contributed by atoms with E-state index in [0.717, 1.165) is 11.3 Å². The summed E-state index contributed by atoms with van der Waals surface area (Å²) >= 11 is 0. The molecule has 1 N–H and O–H groups in total. The molecule has 17 heavy (non-hydrogen) atoms. The summed E-state index contributed by atoms with van der Waals surface area (Å²) in [5.41, 5.74) is 1.98. The quantitative estimate of drug-likeness (QED) is 0.743. The van der Waals surface area contributed by atoms with Gasteiger partial charge >= 0.3 is 0 Å². The predicted molar refractivity (Wildman–Crippen MR) is 69.4 cm³/mol. The van der Waals surface area contributed by atoms with Crippen LogP contribution in [0.2, 0.25) is 0 Å². The SMILES string of the molecule is CC1(C)CC(O)c2cc(C(C)(C)C)ccc2O1. The van der Waals surface area contributed by atoms with Gasteiger partial charge in [-0.25, -0.2) is 0 Å². The molecule has 94 valence electrons. The first kappa shape index (κ1) is 12.4. The molecule has 0 saturated carbocycles. The van der Waals surface area contributed by atoms with Crippen molar-refractivity contribution >= 4 is 0 Å². The van der Waals surface area contributed by atoms with E-state index < -0.39 is 6.10 Å². The van der Waals surface area contributed by atoms with Crippen LogP contribution in [0.4, 0.5) is 0 Å². The van der Waals surface area contributed by atoms with E-state index in [-0.39, 0.29) is 11.0 Å². The molecule has 1 aromatic carbocycles. The molecule has 1 aromatic rings. The van der Waals surface area contributed by atoms with Gasteiger partial charge in [0.05, 0.1) is 6.10 Å². The summed E-state index contributed by atoms with van der Waals surface area (Å²) in [5.74, 6) is 0.821. The molecule has 2 nitrogen and oxygen atoms in total. The lowest BCUT2D eigenvalue weighted by Crippen LogP contribution is -2.35. The van der Waals surface area contributed by atoms with E-state index in [0.29, 0.717) is 6.42 Å². The second kappa shape index (κ2) is 3.74. The second-order valence-corrected chi connectivity index (χ2v) is 6.58. The van der Waals surface area contributed by atoms with Gasteiger partial charge < -0.3 is 9.84 Å². The first-order valence-corrected chi connectivity index (χ1v) is 6.20. The van der Waals surface area contributed by atoms with Crippen molar-refractivity contribution in [2.75, 3.05) is 0 Å². The number of ether oxygens (including phenoxy) is 1. The van der Waals surface area contributed by atoms with Crippen molar-refractivity contribution in [1.82, 2.24) is 0 Å². The molecule has 1 aliphatic heterocycles. The average Bonchev–Trinajstić information content (AvgIpc) is 2.13. The minimum atomic E-state index is -0.420. The molecular weight excluding hydrogens is 212 g/mol. The van der Waals surface area contributed by atoms with E-state index in [1.807, 2.05) is 19.9 Å². The summed E-state index contributed by atoms with van der Waals surface area (Å²) in [7, 11) is 0. The molecule has 1 unspecified atom stereocenters. The van der Waals surface area contributed by atoms with Crippen LogP contribution in [0, 0.1) is 0 Å². The van der Waals surface area contributed by atoms with Crippen molar-refractivity contribution < 1.29 is 9.84 Å². The summed E-state index contributed by atoms with van der Waals surface area (Å²) in [4.78, 5) is 0. The summed E-state index contributed by atoms with van der Waals surface area (Å²) in [6, 6.07) is 6.15. The monoisotopic (exact) mass is 234 g/mol. The molecule has 0 aromatic heterocycles. The van der Waals surface area contributed by atoms with Crippen LogP contribution in [-0.2, 0) is 5.41 Å². The lowest BCUT2D eigenvalue weighted by atomic mass is 9.83. The molecule has 2 heteroatoms. The third-order valence-electron chi connectivity index (χ3n) is 3.31. The maximum atomic E-state index is 10.2. The Hall–Kier alpha value is -1.02. The highest BCUT2D eigenvalue weighted by atomic mass is 16.5. The summed E-state index contributed by atoms with van der Waals surface area (Å²) in [6.45, 7) is 10.5. The van der Waals surface area contributed by atoms with E-state index in [4.69, 9.17) is 4.74 Å². The predicted octanol–water partition coefficient (Wildman–Crippen LogP) is 3.58. The fourth-order valence-corrected chi connectivity index (χ4v) is 2.28. The van der Waals surface area contributed by atoms with Gasteiger partial charge in [-0.15, -0.1) is 0 Å². The van der Waals surface area contributed by atoms with Crippen LogP contribution in [0.25, 0.3) is 0 Å². The van der Waals surface area contributed by atoms with Gasteiger partial charge in [0.2, 0.25) is 0 Å². The average molecular weight is 234 g/mol. The summed E-state index contributed by atoms with van der Waals surface area (Å²) in [6.07, 6.45) is 0.226. The maximum Gasteiger partial charge on any atom is 0.125 e. The maximum absolute atomic E-state index is 10.2. The Labute approximate surface area is 104 Å². The fraction of sp³-hybridized carbons (Fsp3) is 0.600. The van der Waals surface area contributed by atoms with Gasteiger partial charge in [0, 0.05) is 12.0 Å². The van der Waals surface area contributed by atoms with Crippen molar-refractivity contribution in [3.05, 3.63) is 29.3 Å². The zero-order valence-corrected chi connectivity index (χ0v) is 11.4.